The molecule has 0 saturated carbocycles. The van der Waals surface area contributed by atoms with Crippen molar-refractivity contribution in [1.29, 1.82) is 0 Å². The van der Waals surface area contributed by atoms with E-state index in [1.165, 1.54) is 18.4 Å². The Hall–Kier alpha value is -1.39. The summed E-state index contributed by atoms with van der Waals surface area (Å²) in [5, 5.41) is 0. The quantitative estimate of drug-likeness (QED) is 0.857. The molecule has 0 bridgehead atoms. The third-order valence-electron chi connectivity index (χ3n) is 5.43. The Kier molecular flexibility index (Phi) is 5.02. The van der Waals surface area contributed by atoms with Gasteiger partial charge in [0, 0.05) is 31.4 Å². The summed E-state index contributed by atoms with van der Waals surface area (Å²) in [6, 6.07) is 9.08. The molecule has 2 saturated heterocycles. The summed E-state index contributed by atoms with van der Waals surface area (Å²) in [7, 11) is 4.32. The molecule has 2 fully saturated rings. The largest absolute Gasteiger partial charge is 0.311 e. The summed E-state index contributed by atoms with van der Waals surface area (Å²) in [5.41, 5.74) is 2.29. The van der Waals surface area contributed by atoms with E-state index in [0.717, 1.165) is 38.2 Å². The van der Waals surface area contributed by atoms with Crippen molar-refractivity contribution in [2.75, 3.05) is 38.6 Å². The lowest BCUT2D eigenvalue weighted by Crippen LogP contribution is -2.55. The van der Waals surface area contributed by atoms with E-state index in [-0.39, 0.29) is 6.04 Å². The summed E-state index contributed by atoms with van der Waals surface area (Å²) in [6.07, 6.45) is 4.44. The first-order valence-corrected chi connectivity index (χ1v) is 8.85. The lowest BCUT2D eigenvalue weighted by molar-refractivity contribution is -0.126. The molecule has 4 heteroatoms. The van der Waals surface area contributed by atoms with Gasteiger partial charge in [-0.25, -0.2) is 0 Å². The Morgan fingerprint density at radius 3 is 2.26 bits per heavy atom. The van der Waals surface area contributed by atoms with Crippen LogP contribution in [0, 0.1) is 6.92 Å². The van der Waals surface area contributed by atoms with E-state index in [1.54, 1.807) is 0 Å². The predicted molar refractivity (Wildman–Crippen MR) is 94.8 cm³/mol. The third kappa shape index (κ3) is 3.59. The number of likely N-dealkylation sites (tertiary alicyclic amines) is 1. The maximum atomic E-state index is 13.0. The van der Waals surface area contributed by atoms with Gasteiger partial charge in [0.15, 0.2) is 0 Å². The monoisotopic (exact) mass is 315 g/mol. The Morgan fingerprint density at radius 1 is 1.00 bits per heavy atom. The van der Waals surface area contributed by atoms with Gasteiger partial charge in [0.05, 0.1) is 6.04 Å². The molecule has 0 radical (unpaired) electrons. The van der Waals surface area contributed by atoms with E-state index in [0.29, 0.717) is 11.9 Å². The highest BCUT2D eigenvalue weighted by Crippen LogP contribution is 2.26. The average Bonchev–Trinajstić information content (AvgIpc) is 2.56. The van der Waals surface area contributed by atoms with Gasteiger partial charge in [-0.15, -0.1) is 0 Å². The Balaban J connectivity index is 1.67. The molecule has 0 aromatic heterocycles. The predicted octanol–water partition coefficient (Wildman–Crippen LogP) is 2.52. The molecule has 0 N–H and O–H groups in total. The number of nitrogens with zero attached hydrogens (tertiary/aromatic N) is 3. The van der Waals surface area contributed by atoms with Gasteiger partial charge in [0.2, 0.25) is 5.91 Å². The number of hydrogen-bond acceptors (Lipinski definition) is 3. The molecule has 4 nitrogen and oxygen atoms in total. The van der Waals surface area contributed by atoms with Crippen LogP contribution in [0.1, 0.15) is 31.2 Å². The van der Waals surface area contributed by atoms with Crippen molar-refractivity contribution in [2.45, 2.75) is 44.7 Å². The van der Waals surface area contributed by atoms with Gasteiger partial charge in [0.1, 0.15) is 0 Å². The van der Waals surface area contributed by atoms with Crippen molar-refractivity contribution in [3.8, 4) is 0 Å². The van der Waals surface area contributed by atoms with E-state index in [1.807, 2.05) is 4.90 Å². The molecular formula is C19H29N3O. The van der Waals surface area contributed by atoms with Crippen LogP contribution >= 0.6 is 0 Å². The van der Waals surface area contributed by atoms with Crippen LogP contribution in [-0.4, -0.2) is 61.5 Å². The SMILES string of the molecule is Cc1ccc(N2CCCC(N3CCC(N(C)C)CC3)C2=O)cc1. The zero-order valence-corrected chi connectivity index (χ0v) is 14.7. The second-order valence-electron chi connectivity index (χ2n) is 7.21. The van der Waals surface area contributed by atoms with Gasteiger partial charge >= 0.3 is 0 Å². The highest BCUT2D eigenvalue weighted by Gasteiger charge is 2.35. The number of benzene rings is 1. The molecule has 2 aliphatic rings. The van der Waals surface area contributed by atoms with Crippen molar-refractivity contribution in [2.24, 2.45) is 0 Å². The number of anilines is 1. The molecule has 2 heterocycles. The molecule has 1 amide bonds. The van der Waals surface area contributed by atoms with E-state index in [2.05, 4.69) is 55.1 Å². The minimum Gasteiger partial charge on any atom is -0.311 e. The van der Waals surface area contributed by atoms with Crippen LogP contribution in [-0.2, 0) is 4.79 Å². The number of carbonyl (C=O) groups excluding carboxylic acids is 1. The van der Waals surface area contributed by atoms with Crippen molar-refractivity contribution in [3.05, 3.63) is 29.8 Å². The average molecular weight is 315 g/mol. The molecule has 0 aliphatic carbocycles. The molecule has 1 aromatic carbocycles. The smallest absolute Gasteiger partial charge is 0.244 e. The van der Waals surface area contributed by atoms with Crippen LogP contribution in [0.2, 0.25) is 0 Å². The molecule has 0 spiro atoms. The molecule has 1 unspecified atom stereocenters. The van der Waals surface area contributed by atoms with Crippen molar-refractivity contribution in [3.63, 3.8) is 0 Å². The minimum absolute atomic E-state index is 0.0770. The van der Waals surface area contributed by atoms with Crippen molar-refractivity contribution < 1.29 is 4.79 Å². The lowest BCUT2D eigenvalue weighted by Gasteiger charge is -2.42. The Bertz CT molecular complexity index is 532. The first kappa shape index (κ1) is 16.5. The maximum Gasteiger partial charge on any atom is 0.244 e. The topological polar surface area (TPSA) is 26.8 Å². The molecule has 23 heavy (non-hydrogen) atoms. The summed E-state index contributed by atoms with van der Waals surface area (Å²) in [5.74, 6) is 0.295. The summed E-state index contributed by atoms with van der Waals surface area (Å²) in [6.45, 7) is 5.02. The van der Waals surface area contributed by atoms with Gasteiger partial charge < -0.3 is 9.80 Å². The molecule has 126 valence electrons. The number of aryl methyl sites for hydroxylation is 1. The molecule has 2 aliphatic heterocycles. The lowest BCUT2D eigenvalue weighted by atomic mass is 9.97. The van der Waals surface area contributed by atoms with Gasteiger partial charge in [-0.2, -0.15) is 0 Å². The number of rotatable bonds is 3. The number of amides is 1. The van der Waals surface area contributed by atoms with E-state index in [4.69, 9.17) is 0 Å². The first-order valence-electron chi connectivity index (χ1n) is 8.85. The number of carbonyl (C=O) groups is 1. The number of piperidine rings is 2. The normalized spacial score (nSPS) is 24.4. The zero-order chi connectivity index (χ0) is 16.4. The molecule has 1 aromatic rings. The van der Waals surface area contributed by atoms with Crippen LogP contribution < -0.4 is 4.90 Å². The molecule has 1 atom stereocenters. The standard InChI is InChI=1S/C19H29N3O/c1-15-6-8-17(9-7-15)22-12-4-5-18(19(22)23)21-13-10-16(11-14-21)20(2)3/h6-9,16,18H,4-5,10-14H2,1-3H3. The fraction of sp³-hybridized carbons (Fsp3) is 0.632. The fourth-order valence-corrected chi connectivity index (χ4v) is 3.89. The van der Waals surface area contributed by atoms with Gasteiger partial charge in [0.25, 0.3) is 0 Å². The summed E-state index contributed by atoms with van der Waals surface area (Å²) in [4.78, 5) is 19.7. The van der Waals surface area contributed by atoms with Gasteiger partial charge in [-0.1, -0.05) is 17.7 Å². The molecule has 3 rings (SSSR count). The first-order chi connectivity index (χ1) is 11.1. The minimum atomic E-state index is 0.0770. The van der Waals surface area contributed by atoms with Crippen LogP contribution in [0.3, 0.4) is 0 Å². The van der Waals surface area contributed by atoms with E-state index >= 15 is 0 Å². The summed E-state index contributed by atoms with van der Waals surface area (Å²) >= 11 is 0. The van der Waals surface area contributed by atoms with Gasteiger partial charge in [-0.05, 0) is 58.8 Å². The second-order valence-corrected chi connectivity index (χ2v) is 7.21. The van der Waals surface area contributed by atoms with E-state index in [9.17, 15) is 4.79 Å². The molecular weight excluding hydrogens is 286 g/mol. The highest BCUT2D eigenvalue weighted by molar-refractivity contribution is 5.97. The van der Waals surface area contributed by atoms with Crippen molar-refractivity contribution in [1.82, 2.24) is 9.80 Å². The third-order valence-corrected chi connectivity index (χ3v) is 5.43. The summed E-state index contributed by atoms with van der Waals surface area (Å²) < 4.78 is 0. The zero-order valence-electron chi connectivity index (χ0n) is 14.7. The van der Waals surface area contributed by atoms with Crippen molar-refractivity contribution >= 4 is 11.6 Å². The number of hydrogen-bond donors (Lipinski definition) is 0. The van der Waals surface area contributed by atoms with Crippen LogP contribution in [0.5, 0.6) is 0 Å². The van der Waals surface area contributed by atoms with Crippen LogP contribution in [0.25, 0.3) is 0 Å². The van der Waals surface area contributed by atoms with Crippen LogP contribution in [0.4, 0.5) is 5.69 Å². The Labute approximate surface area is 140 Å². The Morgan fingerprint density at radius 2 is 1.65 bits per heavy atom. The fourth-order valence-electron chi connectivity index (χ4n) is 3.89. The van der Waals surface area contributed by atoms with E-state index < -0.39 is 0 Å². The maximum absolute atomic E-state index is 13.0. The van der Waals surface area contributed by atoms with Gasteiger partial charge in [-0.3, -0.25) is 9.69 Å². The van der Waals surface area contributed by atoms with Crippen LogP contribution in [0.15, 0.2) is 24.3 Å². The second kappa shape index (κ2) is 7.02. The highest BCUT2D eigenvalue weighted by atomic mass is 16.2.